The summed E-state index contributed by atoms with van der Waals surface area (Å²) in [5, 5.41) is 0. The smallest absolute Gasteiger partial charge is 0.306 e. The first-order valence-electron chi connectivity index (χ1n) is 17.1. The van der Waals surface area contributed by atoms with E-state index in [0.29, 0.717) is 60.2 Å². The molecule has 14 heteroatoms. The summed E-state index contributed by atoms with van der Waals surface area (Å²) < 4.78 is 33.5. The first kappa shape index (κ1) is 44.5. The van der Waals surface area contributed by atoms with Gasteiger partial charge >= 0.3 is 23.9 Å². The van der Waals surface area contributed by atoms with Crippen molar-refractivity contribution in [3.05, 3.63) is 59.7 Å². The van der Waals surface area contributed by atoms with Gasteiger partial charge in [0.2, 0.25) is 0 Å². The number of carbonyl (C=O) groups excluding carboxylic acids is 4. The molecule has 0 bridgehead atoms. The lowest BCUT2D eigenvalue weighted by Crippen LogP contribution is -2.31. The van der Waals surface area contributed by atoms with Crippen molar-refractivity contribution in [2.24, 2.45) is 0 Å². The standard InChI is InChI=1S/C37H52O10S4/c1-37(2,27-11-15-29(16-12-27)42-23-31(46-35(40)9-5-21-50)25-44-33(38)7-3-19-48)28-13-17-30(18-14-28)43-24-32(47-36(41)10-6-22-51)26-45-34(39)8-4-20-49/h11-18,31-32,48-51H,3-10,19-26H2,1-2H3. The lowest BCUT2D eigenvalue weighted by atomic mass is 9.78. The molecule has 51 heavy (non-hydrogen) atoms. The Morgan fingerprint density at radius 2 is 0.824 bits per heavy atom. The lowest BCUT2D eigenvalue weighted by Gasteiger charge is -2.27. The Bertz CT molecular complexity index is 1220. The molecule has 0 saturated carbocycles. The van der Waals surface area contributed by atoms with Gasteiger partial charge in [-0.25, -0.2) is 0 Å². The van der Waals surface area contributed by atoms with Crippen LogP contribution in [0.4, 0.5) is 0 Å². The average molecular weight is 785 g/mol. The van der Waals surface area contributed by atoms with Crippen LogP contribution in [0.5, 0.6) is 11.5 Å². The number of ether oxygens (including phenoxy) is 6. The Morgan fingerprint density at radius 3 is 1.14 bits per heavy atom. The molecule has 284 valence electrons. The number of rotatable bonds is 26. The zero-order valence-electron chi connectivity index (χ0n) is 29.5. The molecule has 2 rings (SSSR count). The van der Waals surface area contributed by atoms with Crippen LogP contribution in [0, 0.1) is 0 Å². The van der Waals surface area contributed by atoms with E-state index in [1.54, 1.807) is 0 Å². The van der Waals surface area contributed by atoms with Crippen LogP contribution in [0.1, 0.15) is 76.3 Å². The van der Waals surface area contributed by atoms with Crippen LogP contribution in [0.3, 0.4) is 0 Å². The summed E-state index contributed by atoms with van der Waals surface area (Å²) in [5.41, 5.74) is 1.68. The molecule has 0 fully saturated rings. The van der Waals surface area contributed by atoms with E-state index in [9.17, 15) is 19.2 Å². The second-order valence-corrected chi connectivity index (χ2v) is 14.0. The molecule has 0 radical (unpaired) electrons. The van der Waals surface area contributed by atoms with Crippen LogP contribution in [-0.4, -0.2) is 85.5 Å². The maximum atomic E-state index is 12.3. The number of thiol groups is 4. The van der Waals surface area contributed by atoms with Crippen LogP contribution in [-0.2, 0) is 43.5 Å². The van der Waals surface area contributed by atoms with Gasteiger partial charge in [-0.15, -0.1) is 0 Å². The highest BCUT2D eigenvalue weighted by Crippen LogP contribution is 2.33. The van der Waals surface area contributed by atoms with Gasteiger partial charge in [0.1, 0.15) is 37.9 Å². The van der Waals surface area contributed by atoms with E-state index in [2.05, 4.69) is 64.4 Å². The van der Waals surface area contributed by atoms with E-state index >= 15 is 0 Å². The highest BCUT2D eigenvalue weighted by atomic mass is 32.1. The molecule has 0 saturated heterocycles. The minimum absolute atomic E-state index is 0.0187. The second kappa shape index (κ2) is 25.3. The number of benzene rings is 2. The summed E-state index contributed by atoms with van der Waals surface area (Å²) >= 11 is 16.5. The minimum atomic E-state index is -0.757. The van der Waals surface area contributed by atoms with Gasteiger partial charge in [0.05, 0.1) is 0 Å². The molecule has 2 unspecified atom stereocenters. The van der Waals surface area contributed by atoms with Crippen LogP contribution < -0.4 is 9.47 Å². The zero-order valence-corrected chi connectivity index (χ0v) is 33.0. The van der Waals surface area contributed by atoms with Crippen molar-refractivity contribution in [1.29, 1.82) is 0 Å². The average Bonchev–Trinajstić information content (AvgIpc) is 3.13. The molecular formula is C37H52O10S4. The number of carbonyl (C=O) groups is 4. The molecular weight excluding hydrogens is 733 g/mol. The Hall–Kier alpha value is -2.68. The van der Waals surface area contributed by atoms with E-state index in [1.807, 2.05) is 48.5 Å². The van der Waals surface area contributed by atoms with Crippen molar-refractivity contribution in [2.75, 3.05) is 49.4 Å². The molecule has 0 N–H and O–H groups in total. The van der Waals surface area contributed by atoms with Gasteiger partial charge in [0.25, 0.3) is 0 Å². The quantitative estimate of drug-likeness (QED) is 0.0477. The summed E-state index contributed by atoms with van der Waals surface area (Å²) in [6, 6.07) is 15.2. The number of esters is 4. The fourth-order valence-corrected chi connectivity index (χ4v) is 5.24. The lowest BCUT2D eigenvalue weighted by molar-refractivity contribution is -0.160. The largest absolute Gasteiger partial charge is 0.490 e. The third-order valence-corrected chi connectivity index (χ3v) is 8.90. The van der Waals surface area contributed by atoms with Gasteiger partial charge in [-0.1, -0.05) is 38.1 Å². The van der Waals surface area contributed by atoms with Crippen molar-refractivity contribution in [2.45, 2.75) is 82.8 Å². The fourth-order valence-electron chi connectivity index (χ4n) is 4.61. The number of hydrogen-bond acceptors (Lipinski definition) is 14. The third kappa shape index (κ3) is 18.1. The molecule has 0 amide bonds. The maximum absolute atomic E-state index is 12.3. The molecule has 0 aromatic heterocycles. The fraction of sp³-hybridized carbons (Fsp3) is 0.568. The molecule has 2 atom stereocenters. The number of hydrogen-bond donors (Lipinski definition) is 4. The van der Waals surface area contributed by atoms with Crippen molar-refractivity contribution >= 4 is 74.4 Å². The Labute approximate surface area is 324 Å². The monoisotopic (exact) mass is 784 g/mol. The molecule has 2 aromatic carbocycles. The third-order valence-electron chi connectivity index (χ3n) is 7.64. The Balaban J connectivity index is 2.01. The highest BCUT2D eigenvalue weighted by Gasteiger charge is 2.24. The normalized spacial score (nSPS) is 12.4. The second-order valence-electron chi connectivity index (χ2n) is 12.2. The van der Waals surface area contributed by atoms with E-state index in [4.69, 9.17) is 28.4 Å². The first-order chi connectivity index (χ1) is 24.5. The van der Waals surface area contributed by atoms with Crippen LogP contribution in [0.25, 0.3) is 0 Å². The summed E-state index contributed by atoms with van der Waals surface area (Å²) in [6.07, 6.45) is 1.74. The zero-order chi connectivity index (χ0) is 37.5. The van der Waals surface area contributed by atoms with Gasteiger partial charge in [-0.3, -0.25) is 19.2 Å². The highest BCUT2D eigenvalue weighted by molar-refractivity contribution is 7.80. The van der Waals surface area contributed by atoms with Crippen LogP contribution in [0.2, 0.25) is 0 Å². The van der Waals surface area contributed by atoms with Gasteiger partial charge < -0.3 is 28.4 Å². The van der Waals surface area contributed by atoms with Crippen molar-refractivity contribution in [1.82, 2.24) is 0 Å². The summed E-state index contributed by atoms with van der Waals surface area (Å²) in [4.78, 5) is 48.5. The molecule has 0 aliphatic rings. The molecule has 0 heterocycles. The molecule has 2 aromatic rings. The predicted octanol–water partition coefficient (Wildman–Crippen LogP) is 6.52. The molecule has 10 nitrogen and oxygen atoms in total. The van der Waals surface area contributed by atoms with Gasteiger partial charge in [0, 0.05) is 31.1 Å². The first-order valence-corrected chi connectivity index (χ1v) is 19.7. The summed E-state index contributed by atoms with van der Waals surface area (Å²) in [5.74, 6) is 1.85. The molecule has 0 aliphatic carbocycles. The molecule has 0 aliphatic heterocycles. The van der Waals surface area contributed by atoms with Gasteiger partial charge in [0.15, 0.2) is 12.2 Å². The van der Waals surface area contributed by atoms with Crippen LogP contribution in [0.15, 0.2) is 48.5 Å². The molecule has 0 spiro atoms. The van der Waals surface area contributed by atoms with Crippen molar-refractivity contribution in [3.63, 3.8) is 0 Å². The van der Waals surface area contributed by atoms with Crippen molar-refractivity contribution < 1.29 is 47.6 Å². The Morgan fingerprint density at radius 1 is 0.510 bits per heavy atom. The minimum Gasteiger partial charge on any atom is -0.490 e. The van der Waals surface area contributed by atoms with Gasteiger partial charge in [-0.2, -0.15) is 50.5 Å². The maximum Gasteiger partial charge on any atom is 0.306 e. The van der Waals surface area contributed by atoms with Gasteiger partial charge in [-0.05, 0) is 84.1 Å². The SMILES string of the molecule is CC(C)(c1ccc(OCC(COC(=O)CCCS)OC(=O)CCCS)cc1)c1ccc(OCC(COC(=O)CCCS)OC(=O)CCCS)cc1. The van der Waals surface area contributed by atoms with Crippen molar-refractivity contribution in [3.8, 4) is 11.5 Å². The topological polar surface area (TPSA) is 124 Å². The predicted molar refractivity (Wildman–Crippen MR) is 210 cm³/mol. The van der Waals surface area contributed by atoms with E-state index in [0.717, 1.165) is 11.1 Å². The van der Waals surface area contributed by atoms with E-state index in [1.165, 1.54) is 0 Å². The van der Waals surface area contributed by atoms with E-state index in [-0.39, 0.29) is 69.5 Å². The summed E-state index contributed by atoms with van der Waals surface area (Å²) in [6.45, 7) is 4.03. The summed E-state index contributed by atoms with van der Waals surface area (Å²) in [7, 11) is 0. The Kier molecular flexibility index (Phi) is 22.1. The van der Waals surface area contributed by atoms with Crippen LogP contribution >= 0.6 is 50.5 Å². The van der Waals surface area contributed by atoms with E-state index < -0.39 is 24.1 Å².